The van der Waals surface area contributed by atoms with Gasteiger partial charge in [-0.25, -0.2) is 12.8 Å². The van der Waals surface area contributed by atoms with Crippen molar-refractivity contribution in [2.75, 3.05) is 0 Å². The lowest BCUT2D eigenvalue weighted by atomic mass is 9.90. The molecule has 1 aliphatic carbocycles. The monoisotopic (exact) mass is 318 g/mol. The molecule has 114 valence electrons. The molecule has 0 heterocycles. The van der Waals surface area contributed by atoms with Crippen molar-refractivity contribution < 1.29 is 17.6 Å². The van der Waals surface area contributed by atoms with Crippen LogP contribution in [-0.4, -0.2) is 19.5 Å². The first-order valence-electron chi connectivity index (χ1n) is 7.03. The first-order valence-corrected chi connectivity index (χ1v) is 8.57. The molecule has 22 heavy (non-hydrogen) atoms. The molecular formula is C17H15FO3S. The molecule has 5 heteroatoms. The zero-order valence-corrected chi connectivity index (χ0v) is 12.9. The number of carbonyl (C=O) groups is 1. The fourth-order valence-electron chi connectivity index (χ4n) is 2.78. The lowest BCUT2D eigenvalue weighted by molar-refractivity contribution is 0.0976. The van der Waals surface area contributed by atoms with E-state index in [9.17, 15) is 17.6 Å². The third-order valence-corrected chi connectivity index (χ3v) is 6.16. The van der Waals surface area contributed by atoms with Gasteiger partial charge in [0.1, 0.15) is 11.1 Å². The molecular weight excluding hydrogens is 303 g/mol. The quantitative estimate of drug-likeness (QED) is 0.855. The summed E-state index contributed by atoms with van der Waals surface area (Å²) in [6.07, 6.45) is 0.685. The van der Waals surface area contributed by atoms with Gasteiger partial charge in [-0.15, -0.1) is 0 Å². The van der Waals surface area contributed by atoms with Gasteiger partial charge in [0.25, 0.3) is 0 Å². The van der Waals surface area contributed by atoms with E-state index in [1.54, 1.807) is 18.2 Å². The number of hydrogen-bond acceptors (Lipinski definition) is 3. The maximum atomic E-state index is 13.4. The third-order valence-electron chi connectivity index (χ3n) is 4.03. The molecule has 2 aromatic carbocycles. The molecule has 0 spiro atoms. The van der Waals surface area contributed by atoms with Crippen molar-refractivity contribution in [2.45, 2.75) is 29.9 Å². The minimum absolute atomic E-state index is 0.135. The summed E-state index contributed by atoms with van der Waals surface area (Å²) in [6.45, 7) is 1.86. The van der Waals surface area contributed by atoms with Gasteiger partial charge in [0.15, 0.2) is 15.6 Å². The Morgan fingerprint density at radius 2 is 1.77 bits per heavy atom. The number of fused-ring (bicyclic) bond motifs is 1. The van der Waals surface area contributed by atoms with Gasteiger partial charge in [-0.1, -0.05) is 23.8 Å². The maximum Gasteiger partial charge on any atom is 0.188 e. The van der Waals surface area contributed by atoms with Crippen LogP contribution in [-0.2, 0) is 16.3 Å². The minimum Gasteiger partial charge on any atom is -0.293 e. The van der Waals surface area contributed by atoms with E-state index >= 15 is 0 Å². The summed E-state index contributed by atoms with van der Waals surface area (Å²) in [4.78, 5) is 12.6. The van der Waals surface area contributed by atoms with Crippen molar-refractivity contribution in [2.24, 2.45) is 0 Å². The zero-order chi connectivity index (χ0) is 15.9. The Balaban J connectivity index is 2.02. The Bertz CT molecular complexity index is 839. The average Bonchev–Trinajstić information content (AvgIpc) is 2.48. The Morgan fingerprint density at radius 3 is 2.45 bits per heavy atom. The molecule has 0 radical (unpaired) electrons. The van der Waals surface area contributed by atoms with Crippen LogP contribution >= 0.6 is 0 Å². The number of benzene rings is 2. The molecule has 0 saturated carbocycles. The zero-order valence-electron chi connectivity index (χ0n) is 12.0. The Labute approximate surface area is 128 Å². The summed E-state index contributed by atoms with van der Waals surface area (Å²) >= 11 is 0. The number of ketones is 1. The minimum atomic E-state index is -3.76. The van der Waals surface area contributed by atoms with E-state index in [1.807, 2.05) is 6.92 Å². The van der Waals surface area contributed by atoms with E-state index in [-0.39, 0.29) is 16.9 Å². The lowest BCUT2D eigenvalue weighted by Crippen LogP contribution is -2.35. The number of Topliss-reactive ketones (excluding diaryl/α,β-unsaturated/α-hetero) is 1. The van der Waals surface area contributed by atoms with Crippen LogP contribution < -0.4 is 0 Å². The second-order valence-corrected chi connectivity index (χ2v) is 7.68. The fraction of sp³-hybridized carbons (Fsp3) is 0.235. The van der Waals surface area contributed by atoms with Gasteiger partial charge in [-0.05, 0) is 49.6 Å². The van der Waals surface area contributed by atoms with Crippen molar-refractivity contribution in [1.82, 2.24) is 0 Å². The Kier molecular flexibility index (Phi) is 3.60. The predicted octanol–water partition coefficient (Wildman–Crippen LogP) is 3.11. The second kappa shape index (κ2) is 5.32. The number of sulfone groups is 1. The van der Waals surface area contributed by atoms with Crippen LogP contribution in [0.15, 0.2) is 47.4 Å². The highest BCUT2D eigenvalue weighted by Crippen LogP contribution is 2.29. The van der Waals surface area contributed by atoms with Crippen LogP contribution in [0.5, 0.6) is 0 Å². The molecule has 0 aliphatic heterocycles. The first-order chi connectivity index (χ1) is 10.4. The number of halogens is 1. The molecule has 1 unspecified atom stereocenters. The normalized spacial score (nSPS) is 18.1. The van der Waals surface area contributed by atoms with Crippen LogP contribution in [0.4, 0.5) is 4.39 Å². The Morgan fingerprint density at radius 1 is 1.09 bits per heavy atom. The van der Waals surface area contributed by atoms with Crippen molar-refractivity contribution >= 4 is 15.6 Å². The third kappa shape index (κ3) is 2.46. The molecule has 1 aliphatic rings. The fourth-order valence-corrected chi connectivity index (χ4v) is 4.46. The van der Waals surface area contributed by atoms with E-state index in [0.29, 0.717) is 12.0 Å². The van der Waals surface area contributed by atoms with Crippen molar-refractivity contribution in [3.63, 3.8) is 0 Å². The first kappa shape index (κ1) is 14.9. The summed E-state index contributed by atoms with van der Waals surface area (Å²) in [5, 5.41) is -1.13. The van der Waals surface area contributed by atoms with Gasteiger partial charge < -0.3 is 0 Å². The van der Waals surface area contributed by atoms with Crippen molar-refractivity contribution in [1.29, 1.82) is 0 Å². The number of carbonyl (C=O) groups excluding carboxylic acids is 1. The van der Waals surface area contributed by atoms with Gasteiger partial charge in [0.05, 0.1) is 4.90 Å². The summed E-state index contributed by atoms with van der Waals surface area (Å²) < 4.78 is 38.7. The second-order valence-electron chi connectivity index (χ2n) is 5.55. The predicted molar refractivity (Wildman–Crippen MR) is 81.2 cm³/mol. The van der Waals surface area contributed by atoms with Crippen LogP contribution in [0.2, 0.25) is 0 Å². The molecule has 0 N–H and O–H groups in total. The topological polar surface area (TPSA) is 51.2 Å². The SMILES string of the molecule is Cc1ccc(S(=O)(=O)C2CCc3ccc(F)cc3C2=O)cc1. The highest BCUT2D eigenvalue weighted by molar-refractivity contribution is 7.92. The van der Waals surface area contributed by atoms with E-state index in [2.05, 4.69) is 0 Å². The molecule has 3 nitrogen and oxygen atoms in total. The van der Waals surface area contributed by atoms with E-state index in [0.717, 1.165) is 11.6 Å². The van der Waals surface area contributed by atoms with Crippen LogP contribution in [0.3, 0.4) is 0 Å². The van der Waals surface area contributed by atoms with Gasteiger partial charge in [-0.3, -0.25) is 4.79 Å². The largest absolute Gasteiger partial charge is 0.293 e. The van der Waals surface area contributed by atoms with Gasteiger partial charge in [0.2, 0.25) is 0 Å². The summed E-state index contributed by atoms with van der Waals surface area (Å²) in [5.41, 5.74) is 1.84. The molecule has 0 fully saturated rings. The smallest absolute Gasteiger partial charge is 0.188 e. The van der Waals surface area contributed by atoms with Crippen molar-refractivity contribution in [3.8, 4) is 0 Å². The highest BCUT2D eigenvalue weighted by Gasteiger charge is 2.38. The lowest BCUT2D eigenvalue weighted by Gasteiger charge is -2.23. The molecule has 0 amide bonds. The molecule has 1 atom stereocenters. The summed E-state index contributed by atoms with van der Waals surface area (Å²) in [6, 6.07) is 10.4. The standard InChI is InChI=1S/C17H15FO3S/c1-11-2-7-14(8-3-11)22(20,21)16-9-5-12-4-6-13(18)10-15(12)17(16)19/h2-4,6-8,10,16H,5,9H2,1H3. The van der Waals surface area contributed by atoms with Gasteiger partial charge in [0, 0.05) is 5.56 Å². The summed E-state index contributed by atoms with van der Waals surface area (Å²) in [7, 11) is -3.76. The van der Waals surface area contributed by atoms with Gasteiger partial charge in [-0.2, -0.15) is 0 Å². The van der Waals surface area contributed by atoms with Crippen LogP contribution in [0.1, 0.15) is 27.9 Å². The van der Waals surface area contributed by atoms with Gasteiger partial charge >= 0.3 is 0 Å². The summed E-state index contributed by atoms with van der Waals surface area (Å²) in [5.74, 6) is -1.04. The molecule has 0 bridgehead atoms. The van der Waals surface area contributed by atoms with E-state index in [1.165, 1.54) is 18.2 Å². The van der Waals surface area contributed by atoms with Crippen molar-refractivity contribution in [3.05, 3.63) is 65.0 Å². The number of rotatable bonds is 2. The maximum absolute atomic E-state index is 13.4. The molecule has 0 aromatic heterocycles. The molecule has 3 rings (SSSR count). The Hall–Kier alpha value is -2.01. The highest BCUT2D eigenvalue weighted by atomic mass is 32.2. The van der Waals surface area contributed by atoms with Crippen LogP contribution in [0, 0.1) is 12.7 Å². The number of hydrogen-bond donors (Lipinski definition) is 0. The molecule has 2 aromatic rings. The number of aryl methyl sites for hydroxylation is 2. The average molecular weight is 318 g/mol. The van der Waals surface area contributed by atoms with E-state index < -0.39 is 26.7 Å². The molecule has 0 saturated heterocycles. The van der Waals surface area contributed by atoms with Crippen LogP contribution in [0.25, 0.3) is 0 Å². The van der Waals surface area contributed by atoms with E-state index in [4.69, 9.17) is 0 Å².